The number of allylic oxidation sites excluding steroid dienone is 5. The summed E-state index contributed by atoms with van der Waals surface area (Å²) >= 11 is 0. The van der Waals surface area contributed by atoms with Gasteiger partial charge < -0.3 is 5.73 Å². The van der Waals surface area contributed by atoms with Gasteiger partial charge in [0.15, 0.2) is 0 Å². The van der Waals surface area contributed by atoms with Gasteiger partial charge in [0.05, 0.1) is 0 Å². The second kappa shape index (κ2) is 17.2. The van der Waals surface area contributed by atoms with E-state index in [0.29, 0.717) is 0 Å². The summed E-state index contributed by atoms with van der Waals surface area (Å²) in [5.41, 5.74) is 5.91. The molecule has 0 radical (unpaired) electrons. The molecular weight excluding hydrogens is 254 g/mol. The van der Waals surface area contributed by atoms with E-state index in [2.05, 4.69) is 50.3 Å². The first kappa shape index (κ1) is 20.2. The molecule has 21 heavy (non-hydrogen) atoms. The molecule has 1 heteroatoms. The smallest absolute Gasteiger partial charge is 0.0223 e. The Morgan fingerprint density at radius 3 is 2.05 bits per heavy atom. The predicted octanol–water partition coefficient (Wildman–Crippen LogP) is 6.31. The highest BCUT2D eigenvalue weighted by Crippen LogP contribution is 2.07. The van der Waals surface area contributed by atoms with Crippen LogP contribution in [-0.4, -0.2) is 6.04 Å². The molecule has 0 heterocycles. The van der Waals surface area contributed by atoms with E-state index in [1.807, 2.05) is 0 Å². The Balaban J connectivity index is 3.36. The second-order valence-electron chi connectivity index (χ2n) is 5.85. The van der Waals surface area contributed by atoms with Crippen molar-refractivity contribution in [2.45, 2.75) is 90.5 Å². The Kier molecular flexibility index (Phi) is 16.6. The fourth-order valence-electron chi connectivity index (χ4n) is 2.29. The first-order chi connectivity index (χ1) is 10.3. The number of rotatable bonds is 14. The van der Waals surface area contributed by atoms with Crippen LogP contribution >= 0.6 is 0 Å². The van der Waals surface area contributed by atoms with Crippen molar-refractivity contribution in [1.82, 2.24) is 0 Å². The maximum atomic E-state index is 5.91. The number of nitrogens with two attached hydrogens (primary N) is 1. The van der Waals surface area contributed by atoms with Gasteiger partial charge in [0.25, 0.3) is 0 Å². The Hall–Kier alpha value is -0.820. The Bertz CT molecular complexity index is 276. The molecule has 0 aromatic rings. The average molecular weight is 292 g/mol. The van der Waals surface area contributed by atoms with Crippen LogP contribution in [0.1, 0.15) is 84.5 Å². The van der Waals surface area contributed by atoms with Crippen molar-refractivity contribution >= 4 is 0 Å². The number of hydrogen-bond acceptors (Lipinski definition) is 1. The maximum absolute atomic E-state index is 5.91. The van der Waals surface area contributed by atoms with Gasteiger partial charge in [-0.3, -0.25) is 0 Å². The van der Waals surface area contributed by atoms with Crippen LogP contribution in [0.5, 0.6) is 0 Å². The van der Waals surface area contributed by atoms with E-state index in [4.69, 9.17) is 5.73 Å². The average Bonchev–Trinajstić information content (AvgIpc) is 2.48. The van der Waals surface area contributed by atoms with Gasteiger partial charge in [0, 0.05) is 6.04 Å². The maximum Gasteiger partial charge on any atom is 0.0223 e. The fourth-order valence-corrected chi connectivity index (χ4v) is 2.29. The van der Waals surface area contributed by atoms with Crippen molar-refractivity contribution in [3.63, 3.8) is 0 Å². The van der Waals surface area contributed by atoms with E-state index < -0.39 is 0 Å². The topological polar surface area (TPSA) is 26.0 Å². The molecule has 0 spiro atoms. The van der Waals surface area contributed by atoms with E-state index in [0.717, 1.165) is 25.7 Å². The van der Waals surface area contributed by atoms with Gasteiger partial charge in [-0.05, 0) is 32.1 Å². The monoisotopic (exact) mass is 291 g/mol. The molecule has 122 valence electrons. The molecule has 1 atom stereocenters. The van der Waals surface area contributed by atoms with Crippen molar-refractivity contribution in [2.75, 3.05) is 0 Å². The molecule has 2 N–H and O–H groups in total. The lowest BCUT2D eigenvalue weighted by Crippen LogP contribution is -2.15. The first-order valence-electron chi connectivity index (χ1n) is 9.03. The summed E-state index contributed by atoms with van der Waals surface area (Å²) in [7, 11) is 0. The van der Waals surface area contributed by atoms with Crippen LogP contribution in [0.3, 0.4) is 0 Å². The van der Waals surface area contributed by atoms with Gasteiger partial charge in [-0.2, -0.15) is 0 Å². The van der Waals surface area contributed by atoms with Gasteiger partial charge in [-0.15, -0.1) is 0 Å². The largest absolute Gasteiger partial charge is 0.324 e. The Morgan fingerprint density at radius 2 is 1.33 bits per heavy atom. The van der Waals surface area contributed by atoms with E-state index in [-0.39, 0.29) is 6.04 Å². The van der Waals surface area contributed by atoms with Crippen LogP contribution in [0.15, 0.2) is 36.5 Å². The molecule has 1 nitrogen and oxygen atoms in total. The third-order valence-corrected chi connectivity index (χ3v) is 3.61. The zero-order valence-corrected chi connectivity index (χ0v) is 14.4. The molecule has 0 bridgehead atoms. The van der Waals surface area contributed by atoms with Crippen LogP contribution in [0.4, 0.5) is 0 Å². The van der Waals surface area contributed by atoms with Crippen LogP contribution < -0.4 is 5.73 Å². The molecule has 0 amide bonds. The molecule has 0 aromatic heterocycles. The Labute approximate surface area is 133 Å². The quantitative estimate of drug-likeness (QED) is 0.294. The van der Waals surface area contributed by atoms with Crippen LogP contribution in [-0.2, 0) is 0 Å². The van der Waals surface area contributed by atoms with Crippen LogP contribution in [0, 0.1) is 0 Å². The van der Waals surface area contributed by atoms with Gasteiger partial charge in [0.2, 0.25) is 0 Å². The zero-order valence-electron chi connectivity index (χ0n) is 14.4. The van der Waals surface area contributed by atoms with E-state index >= 15 is 0 Å². The lowest BCUT2D eigenvalue weighted by atomic mass is 10.1. The molecule has 0 aliphatic carbocycles. The van der Waals surface area contributed by atoms with Crippen molar-refractivity contribution in [3.8, 4) is 0 Å². The Morgan fingerprint density at radius 1 is 0.714 bits per heavy atom. The second-order valence-corrected chi connectivity index (χ2v) is 5.85. The minimum absolute atomic E-state index is 0.237. The van der Waals surface area contributed by atoms with Crippen molar-refractivity contribution in [2.24, 2.45) is 5.73 Å². The molecule has 0 aliphatic heterocycles. The predicted molar refractivity (Wildman–Crippen MR) is 97.5 cm³/mol. The lowest BCUT2D eigenvalue weighted by Gasteiger charge is -2.01. The summed E-state index contributed by atoms with van der Waals surface area (Å²) in [6.07, 6.45) is 27.2. The van der Waals surface area contributed by atoms with Gasteiger partial charge >= 0.3 is 0 Å². The van der Waals surface area contributed by atoms with Crippen LogP contribution in [0.25, 0.3) is 0 Å². The molecule has 0 aromatic carbocycles. The summed E-state index contributed by atoms with van der Waals surface area (Å²) in [6, 6.07) is 0.237. The number of unbranched alkanes of at least 4 members (excludes halogenated alkanes) is 6. The highest BCUT2D eigenvalue weighted by atomic mass is 14.6. The van der Waals surface area contributed by atoms with E-state index in [1.54, 1.807) is 0 Å². The van der Waals surface area contributed by atoms with Gasteiger partial charge in [0.1, 0.15) is 0 Å². The molecule has 0 saturated heterocycles. The standard InChI is InChI=1S/C20H37N/c1-3-5-6-7-8-9-10-11-12-13-14-15-16-17-19-20(21)18-4-2/h11-12,14-15,17,19-20H,3-10,13,16,18,21H2,1-2H3/b12-11-,15-14-,19-17-. The van der Waals surface area contributed by atoms with Gasteiger partial charge in [-0.25, -0.2) is 0 Å². The highest BCUT2D eigenvalue weighted by Gasteiger charge is 1.91. The summed E-state index contributed by atoms with van der Waals surface area (Å²) in [5, 5.41) is 0. The van der Waals surface area contributed by atoms with E-state index in [1.165, 1.54) is 44.9 Å². The first-order valence-corrected chi connectivity index (χ1v) is 9.03. The minimum atomic E-state index is 0.237. The zero-order chi connectivity index (χ0) is 15.6. The van der Waals surface area contributed by atoms with Gasteiger partial charge in [-0.1, -0.05) is 88.8 Å². The SMILES string of the molecule is CCCCCCCC/C=C\C/C=C\C/C=C\C(N)CCC. The summed E-state index contributed by atoms with van der Waals surface area (Å²) in [4.78, 5) is 0. The minimum Gasteiger partial charge on any atom is -0.324 e. The van der Waals surface area contributed by atoms with Crippen molar-refractivity contribution < 1.29 is 0 Å². The molecule has 0 fully saturated rings. The molecule has 0 saturated carbocycles. The summed E-state index contributed by atoms with van der Waals surface area (Å²) in [6.45, 7) is 4.44. The number of hydrogen-bond donors (Lipinski definition) is 1. The molecule has 1 unspecified atom stereocenters. The molecular formula is C20H37N. The van der Waals surface area contributed by atoms with Crippen LogP contribution in [0.2, 0.25) is 0 Å². The van der Waals surface area contributed by atoms with Crippen molar-refractivity contribution in [3.05, 3.63) is 36.5 Å². The molecule has 0 aliphatic rings. The lowest BCUT2D eigenvalue weighted by molar-refractivity contribution is 0.611. The van der Waals surface area contributed by atoms with Crippen molar-refractivity contribution in [1.29, 1.82) is 0 Å². The normalized spacial score (nSPS) is 13.9. The third-order valence-electron chi connectivity index (χ3n) is 3.61. The summed E-state index contributed by atoms with van der Waals surface area (Å²) in [5.74, 6) is 0. The highest BCUT2D eigenvalue weighted by molar-refractivity contribution is 4.99. The molecule has 0 rings (SSSR count). The van der Waals surface area contributed by atoms with E-state index in [9.17, 15) is 0 Å². The fraction of sp³-hybridized carbons (Fsp3) is 0.700. The summed E-state index contributed by atoms with van der Waals surface area (Å²) < 4.78 is 0. The third kappa shape index (κ3) is 17.1.